The molecule has 19 heavy (non-hydrogen) atoms. The first kappa shape index (κ1) is 13.2. The molecule has 2 rings (SSSR count). The van der Waals surface area contributed by atoms with Gasteiger partial charge in [-0.3, -0.25) is 0 Å². The average molecular weight is 250 g/mol. The molecule has 0 amide bonds. The van der Waals surface area contributed by atoms with Crippen LogP contribution in [0.3, 0.4) is 0 Å². The van der Waals surface area contributed by atoms with Gasteiger partial charge in [0.1, 0.15) is 5.75 Å². The lowest BCUT2D eigenvalue weighted by atomic mass is 10.1. The van der Waals surface area contributed by atoms with E-state index in [-0.39, 0.29) is 5.75 Å². The zero-order valence-electron chi connectivity index (χ0n) is 11.2. The van der Waals surface area contributed by atoms with E-state index < -0.39 is 0 Å². The molecule has 0 heterocycles. The normalized spacial score (nSPS) is 9.74. The van der Waals surface area contributed by atoms with E-state index in [1.807, 2.05) is 48.5 Å². The molecule has 1 N–H and O–H groups in total. The fraction of sp³-hybridized carbons (Fsp3) is 0.222. The van der Waals surface area contributed by atoms with Gasteiger partial charge in [-0.25, -0.2) is 0 Å². The molecule has 0 aromatic heterocycles. The summed E-state index contributed by atoms with van der Waals surface area (Å²) in [5.74, 6) is 6.34. The zero-order valence-corrected chi connectivity index (χ0v) is 11.2. The number of hydrogen-bond donors (Lipinski definition) is 1. The first-order valence-electron chi connectivity index (χ1n) is 6.68. The maximum absolute atomic E-state index is 9.97. The van der Waals surface area contributed by atoms with Crippen molar-refractivity contribution in [1.82, 2.24) is 0 Å². The van der Waals surface area contributed by atoms with Crippen molar-refractivity contribution in [3.63, 3.8) is 0 Å². The SMILES string of the molecule is CCCCc1ccc(C#Cc2ccccc2)c(O)c1. The van der Waals surface area contributed by atoms with Crippen molar-refractivity contribution < 1.29 is 5.11 Å². The van der Waals surface area contributed by atoms with E-state index >= 15 is 0 Å². The van der Waals surface area contributed by atoms with Gasteiger partial charge in [0.25, 0.3) is 0 Å². The van der Waals surface area contributed by atoms with Gasteiger partial charge in [0, 0.05) is 5.56 Å². The van der Waals surface area contributed by atoms with E-state index in [1.165, 1.54) is 5.56 Å². The maximum atomic E-state index is 9.97. The summed E-state index contributed by atoms with van der Waals surface area (Å²) in [6.07, 6.45) is 3.32. The lowest BCUT2D eigenvalue weighted by Gasteiger charge is -2.02. The average Bonchev–Trinajstić information content (AvgIpc) is 2.45. The van der Waals surface area contributed by atoms with E-state index in [2.05, 4.69) is 18.8 Å². The smallest absolute Gasteiger partial charge is 0.131 e. The molecular formula is C18H18O. The molecule has 0 unspecified atom stereocenters. The molecule has 0 bridgehead atoms. The van der Waals surface area contributed by atoms with Crippen LogP contribution in [0.1, 0.15) is 36.5 Å². The van der Waals surface area contributed by atoms with Crippen LogP contribution in [0.2, 0.25) is 0 Å². The van der Waals surface area contributed by atoms with Crippen molar-refractivity contribution in [1.29, 1.82) is 0 Å². The Hall–Kier alpha value is -2.20. The fourth-order valence-corrected chi connectivity index (χ4v) is 1.88. The van der Waals surface area contributed by atoms with E-state index in [0.717, 1.165) is 24.8 Å². The Kier molecular flexibility index (Phi) is 4.64. The van der Waals surface area contributed by atoms with Gasteiger partial charge in [0.2, 0.25) is 0 Å². The van der Waals surface area contributed by atoms with Crippen molar-refractivity contribution in [3.8, 4) is 17.6 Å². The molecule has 2 aromatic carbocycles. The van der Waals surface area contributed by atoms with Crippen LogP contribution in [0.25, 0.3) is 0 Å². The van der Waals surface area contributed by atoms with Gasteiger partial charge < -0.3 is 5.11 Å². The second-order valence-corrected chi connectivity index (χ2v) is 4.57. The molecule has 0 saturated carbocycles. The van der Waals surface area contributed by atoms with Crippen LogP contribution in [0, 0.1) is 11.8 Å². The van der Waals surface area contributed by atoms with Crippen molar-refractivity contribution in [3.05, 3.63) is 65.2 Å². The number of unbranched alkanes of at least 4 members (excludes halogenated alkanes) is 1. The summed E-state index contributed by atoms with van der Waals surface area (Å²) >= 11 is 0. The Bertz CT molecular complexity index is 588. The summed E-state index contributed by atoms with van der Waals surface area (Å²) in [6.45, 7) is 2.17. The number of rotatable bonds is 3. The predicted molar refractivity (Wildman–Crippen MR) is 79.1 cm³/mol. The van der Waals surface area contributed by atoms with Gasteiger partial charge in [-0.15, -0.1) is 0 Å². The molecule has 96 valence electrons. The van der Waals surface area contributed by atoms with Gasteiger partial charge in [-0.1, -0.05) is 49.5 Å². The first-order valence-corrected chi connectivity index (χ1v) is 6.68. The second-order valence-electron chi connectivity index (χ2n) is 4.57. The summed E-state index contributed by atoms with van der Waals surface area (Å²) in [6, 6.07) is 15.6. The highest BCUT2D eigenvalue weighted by molar-refractivity contribution is 5.50. The third-order valence-corrected chi connectivity index (χ3v) is 3.00. The van der Waals surface area contributed by atoms with Gasteiger partial charge in [0.15, 0.2) is 0 Å². The zero-order chi connectivity index (χ0) is 13.5. The lowest BCUT2D eigenvalue weighted by Crippen LogP contribution is -1.86. The molecule has 0 aliphatic heterocycles. The number of phenols is 1. The summed E-state index contributed by atoms with van der Waals surface area (Å²) < 4.78 is 0. The Morgan fingerprint density at radius 1 is 1.00 bits per heavy atom. The number of aryl methyl sites for hydroxylation is 1. The van der Waals surface area contributed by atoms with Gasteiger partial charge in [0.05, 0.1) is 5.56 Å². The molecule has 1 heteroatoms. The third kappa shape index (κ3) is 3.89. The van der Waals surface area contributed by atoms with Gasteiger partial charge in [-0.2, -0.15) is 0 Å². The van der Waals surface area contributed by atoms with Gasteiger partial charge in [-0.05, 0) is 42.7 Å². The monoisotopic (exact) mass is 250 g/mol. The third-order valence-electron chi connectivity index (χ3n) is 3.00. The number of aromatic hydroxyl groups is 1. The highest BCUT2D eigenvalue weighted by atomic mass is 16.3. The Morgan fingerprint density at radius 3 is 2.47 bits per heavy atom. The van der Waals surface area contributed by atoms with E-state index in [1.54, 1.807) is 0 Å². The second kappa shape index (κ2) is 6.66. The standard InChI is InChI=1S/C18H18O/c1-2-3-7-16-11-13-17(18(19)14-16)12-10-15-8-5-4-6-9-15/h4-6,8-9,11,13-14,19H,2-3,7H2,1H3. The minimum atomic E-state index is 0.275. The van der Waals surface area contributed by atoms with Crippen molar-refractivity contribution >= 4 is 0 Å². The predicted octanol–water partition coefficient (Wildman–Crippen LogP) is 4.13. The highest BCUT2D eigenvalue weighted by Crippen LogP contribution is 2.19. The Morgan fingerprint density at radius 2 is 1.79 bits per heavy atom. The van der Waals surface area contributed by atoms with Crippen LogP contribution in [0.15, 0.2) is 48.5 Å². The van der Waals surface area contributed by atoms with Crippen LogP contribution in [-0.2, 0) is 6.42 Å². The molecule has 0 saturated heterocycles. The molecule has 0 fully saturated rings. The first-order chi connectivity index (χ1) is 9.29. The topological polar surface area (TPSA) is 20.2 Å². The Balaban J connectivity index is 2.16. The van der Waals surface area contributed by atoms with E-state index in [0.29, 0.717) is 5.56 Å². The van der Waals surface area contributed by atoms with Crippen LogP contribution >= 0.6 is 0 Å². The largest absolute Gasteiger partial charge is 0.507 e. The van der Waals surface area contributed by atoms with E-state index in [4.69, 9.17) is 0 Å². The molecule has 0 aliphatic rings. The summed E-state index contributed by atoms with van der Waals surface area (Å²) in [5, 5.41) is 9.97. The summed E-state index contributed by atoms with van der Waals surface area (Å²) in [4.78, 5) is 0. The number of hydrogen-bond acceptors (Lipinski definition) is 1. The van der Waals surface area contributed by atoms with Crippen molar-refractivity contribution in [2.24, 2.45) is 0 Å². The number of phenolic OH excluding ortho intramolecular Hbond substituents is 1. The van der Waals surface area contributed by atoms with Crippen LogP contribution in [0.4, 0.5) is 0 Å². The molecule has 0 radical (unpaired) electrons. The quantitative estimate of drug-likeness (QED) is 0.812. The molecule has 0 atom stereocenters. The van der Waals surface area contributed by atoms with Crippen LogP contribution in [0.5, 0.6) is 5.75 Å². The van der Waals surface area contributed by atoms with Crippen molar-refractivity contribution in [2.75, 3.05) is 0 Å². The van der Waals surface area contributed by atoms with E-state index in [9.17, 15) is 5.11 Å². The van der Waals surface area contributed by atoms with Gasteiger partial charge >= 0.3 is 0 Å². The lowest BCUT2D eigenvalue weighted by molar-refractivity contribution is 0.473. The number of benzene rings is 2. The molecule has 0 spiro atoms. The fourth-order valence-electron chi connectivity index (χ4n) is 1.88. The summed E-state index contributed by atoms with van der Waals surface area (Å²) in [5.41, 5.74) is 2.81. The van der Waals surface area contributed by atoms with Crippen LogP contribution < -0.4 is 0 Å². The molecule has 0 aliphatic carbocycles. The minimum absolute atomic E-state index is 0.275. The molecular weight excluding hydrogens is 232 g/mol. The summed E-state index contributed by atoms with van der Waals surface area (Å²) in [7, 11) is 0. The maximum Gasteiger partial charge on any atom is 0.131 e. The van der Waals surface area contributed by atoms with Crippen molar-refractivity contribution in [2.45, 2.75) is 26.2 Å². The Labute approximate surface area is 114 Å². The minimum Gasteiger partial charge on any atom is -0.507 e. The van der Waals surface area contributed by atoms with Crippen LogP contribution in [-0.4, -0.2) is 5.11 Å². The molecule has 2 aromatic rings. The highest BCUT2D eigenvalue weighted by Gasteiger charge is 2.00. The molecule has 1 nitrogen and oxygen atoms in total.